The van der Waals surface area contributed by atoms with Crippen molar-refractivity contribution in [2.75, 3.05) is 26.4 Å². The average Bonchev–Trinajstić information content (AvgIpc) is 2.79. The zero-order chi connectivity index (χ0) is 22.8. The zero-order valence-corrected chi connectivity index (χ0v) is 18.6. The second-order valence-electron chi connectivity index (χ2n) is 7.17. The molecule has 2 aromatic rings. The molecule has 2 aromatic carbocycles. The molecule has 0 aliphatic carbocycles. The van der Waals surface area contributed by atoms with E-state index >= 15 is 0 Å². The van der Waals surface area contributed by atoms with Crippen molar-refractivity contribution >= 4 is 12.2 Å². The maximum Gasteiger partial charge on any atom is 0.434 e. The van der Waals surface area contributed by atoms with E-state index in [0.717, 1.165) is 22.3 Å². The Hall–Kier alpha value is -3.10. The topological polar surface area (TPSA) is 77.5 Å². The lowest BCUT2D eigenvalue weighted by molar-refractivity contribution is -0.145. The van der Waals surface area contributed by atoms with Crippen LogP contribution in [0.15, 0.2) is 48.5 Å². The third kappa shape index (κ3) is 6.45. The first-order chi connectivity index (χ1) is 15.6. The van der Waals surface area contributed by atoms with Gasteiger partial charge in [-0.15, -0.1) is 0 Å². The van der Waals surface area contributed by atoms with E-state index in [1.807, 2.05) is 48.5 Å². The van der Waals surface area contributed by atoms with Crippen molar-refractivity contribution in [3.05, 3.63) is 70.8 Å². The van der Waals surface area contributed by atoms with E-state index in [2.05, 4.69) is 0 Å². The molecular weight excluding hydrogens is 412 g/mol. The number of rotatable bonds is 2. The Labute approximate surface area is 188 Å². The third-order valence-corrected chi connectivity index (χ3v) is 5.04. The first kappa shape index (κ1) is 23.6. The predicted octanol–water partition coefficient (Wildman–Crippen LogP) is 4.27. The smallest absolute Gasteiger partial charge is 0.434 e. The van der Waals surface area contributed by atoms with Gasteiger partial charge in [0.1, 0.15) is 0 Å². The Balaban J connectivity index is 1.88. The summed E-state index contributed by atoms with van der Waals surface area (Å²) in [4.78, 5) is 36.6. The third-order valence-electron chi connectivity index (χ3n) is 5.04. The van der Waals surface area contributed by atoms with E-state index in [-0.39, 0.29) is 39.5 Å². The van der Waals surface area contributed by atoms with Crippen LogP contribution < -0.4 is 0 Å². The Morgan fingerprint density at radius 3 is 1.47 bits per heavy atom. The van der Waals surface area contributed by atoms with Gasteiger partial charge in [-0.25, -0.2) is 9.59 Å². The van der Waals surface area contributed by atoms with Gasteiger partial charge in [0, 0.05) is 0 Å². The fraction of sp³-hybridized carbons (Fsp3) is 0.417. The van der Waals surface area contributed by atoms with E-state index in [0.29, 0.717) is 12.8 Å². The summed E-state index contributed by atoms with van der Waals surface area (Å²) in [5.41, 5.74) is 3.83. The summed E-state index contributed by atoms with van der Waals surface area (Å²) in [6.07, 6.45) is 0.0502. The number of carbonyl (C=O) groups is 2. The van der Waals surface area contributed by atoms with E-state index in [1.54, 1.807) is 13.8 Å². The van der Waals surface area contributed by atoms with Crippen LogP contribution in [0.3, 0.4) is 0 Å². The highest BCUT2D eigenvalue weighted by Crippen LogP contribution is 2.18. The van der Waals surface area contributed by atoms with Crippen molar-refractivity contribution in [1.82, 2.24) is 10.1 Å². The standard InChI is InChI=1S/C24H30N2O6/c1-3-29-23(27)25-17-21-11-7-5-9-19(21)14-16-32-26(24(28)30-4-2)18-22-12-8-6-10-20(22)13-15-31-25/h5-12H,3-4,13-18H2,1-2H3. The van der Waals surface area contributed by atoms with Crippen LogP contribution in [0.4, 0.5) is 9.59 Å². The normalized spacial score (nSPS) is 15.2. The van der Waals surface area contributed by atoms with E-state index in [4.69, 9.17) is 19.1 Å². The fourth-order valence-electron chi connectivity index (χ4n) is 3.47. The molecule has 0 saturated heterocycles. The molecule has 1 aliphatic heterocycles. The van der Waals surface area contributed by atoms with Crippen molar-refractivity contribution in [3.8, 4) is 0 Å². The quantitative estimate of drug-likeness (QED) is 0.691. The van der Waals surface area contributed by atoms with Crippen molar-refractivity contribution in [2.24, 2.45) is 0 Å². The van der Waals surface area contributed by atoms with Crippen molar-refractivity contribution in [2.45, 2.75) is 39.8 Å². The van der Waals surface area contributed by atoms with Gasteiger partial charge in [-0.1, -0.05) is 48.5 Å². The number of ether oxygens (including phenoxy) is 2. The molecule has 1 heterocycles. The summed E-state index contributed by atoms with van der Waals surface area (Å²) in [5.74, 6) is 0. The lowest BCUT2D eigenvalue weighted by Crippen LogP contribution is -2.34. The predicted molar refractivity (Wildman–Crippen MR) is 117 cm³/mol. The molecule has 0 atom stereocenters. The number of hydrogen-bond donors (Lipinski definition) is 0. The van der Waals surface area contributed by atoms with Crippen LogP contribution in [0.5, 0.6) is 0 Å². The number of amides is 2. The second-order valence-corrected chi connectivity index (χ2v) is 7.17. The highest BCUT2D eigenvalue weighted by molar-refractivity contribution is 5.66. The number of hydrogen-bond acceptors (Lipinski definition) is 6. The molecule has 0 bridgehead atoms. The molecule has 172 valence electrons. The van der Waals surface area contributed by atoms with Crippen molar-refractivity contribution in [1.29, 1.82) is 0 Å². The summed E-state index contributed by atoms with van der Waals surface area (Å²) >= 11 is 0. The fourth-order valence-corrected chi connectivity index (χ4v) is 3.47. The molecule has 0 saturated carbocycles. The van der Waals surface area contributed by atoms with Crippen LogP contribution in [0.2, 0.25) is 0 Å². The highest BCUT2D eigenvalue weighted by Gasteiger charge is 2.21. The minimum absolute atomic E-state index is 0.248. The summed E-state index contributed by atoms with van der Waals surface area (Å²) in [5, 5.41) is 2.53. The largest absolute Gasteiger partial charge is 0.448 e. The van der Waals surface area contributed by atoms with Gasteiger partial charge in [-0.2, -0.15) is 10.1 Å². The molecular formula is C24H30N2O6. The van der Waals surface area contributed by atoms with Crippen LogP contribution in [0.1, 0.15) is 36.1 Å². The van der Waals surface area contributed by atoms with Gasteiger partial charge >= 0.3 is 12.2 Å². The molecule has 32 heavy (non-hydrogen) atoms. The summed E-state index contributed by atoms with van der Waals surface area (Å²) < 4.78 is 10.4. The van der Waals surface area contributed by atoms with E-state index < -0.39 is 12.2 Å². The maximum atomic E-state index is 12.5. The summed E-state index contributed by atoms with van der Waals surface area (Å²) in [6.45, 7) is 5.10. The van der Waals surface area contributed by atoms with Gasteiger partial charge in [0.2, 0.25) is 0 Å². The van der Waals surface area contributed by atoms with Crippen LogP contribution >= 0.6 is 0 Å². The maximum absolute atomic E-state index is 12.5. The Morgan fingerprint density at radius 2 is 1.09 bits per heavy atom. The zero-order valence-electron chi connectivity index (χ0n) is 18.6. The SMILES string of the molecule is CCOC(=O)N1Cc2ccccc2CCON(C(=O)OCC)Cc2ccccc2CCO1. The summed E-state index contributed by atoms with van der Waals surface area (Å²) in [7, 11) is 0. The molecule has 0 fully saturated rings. The Kier molecular flexibility index (Phi) is 8.89. The average molecular weight is 443 g/mol. The monoisotopic (exact) mass is 442 g/mol. The molecule has 0 aromatic heterocycles. The molecule has 8 nitrogen and oxygen atoms in total. The van der Waals surface area contributed by atoms with Gasteiger partial charge in [0.05, 0.1) is 39.5 Å². The van der Waals surface area contributed by atoms with E-state index in [1.165, 1.54) is 10.1 Å². The lowest BCUT2D eigenvalue weighted by atomic mass is 10.0. The van der Waals surface area contributed by atoms with Crippen LogP contribution in [0, 0.1) is 0 Å². The minimum atomic E-state index is -0.521. The number of benzene rings is 2. The first-order valence-corrected chi connectivity index (χ1v) is 10.9. The molecule has 0 unspecified atom stereocenters. The van der Waals surface area contributed by atoms with Crippen LogP contribution in [-0.4, -0.2) is 48.7 Å². The number of nitrogens with zero attached hydrogens (tertiary/aromatic N) is 2. The van der Waals surface area contributed by atoms with E-state index in [9.17, 15) is 9.59 Å². The Morgan fingerprint density at radius 1 is 0.719 bits per heavy atom. The molecule has 3 rings (SSSR count). The number of hydroxylamine groups is 4. The Bertz CT molecular complexity index is 830. The molecule has 8 heteroatoms. The van der Waals surface area contributed by atoms with Gasteiger partial charge in [0.25, 0.3) is 0 Å². The minimum Gasteiger partial charge on any atom is -0.448 e. The molecule has 0 N–H and O–H groups in total. The molecule has 0 radical (unpaired) electrons. The van der Waals surface area contributed by atoms with Gasteiger partial charge < -0.3 is 9.47 Å². The van der Waals surface area contributed by atoms with Gasteiger partial charge in [-0.3, -0.25) is 9.68 Å². The van der Waals surface area contributed by atoms with Crippen molar-refractivity contribution < 1.29 is 28.7 Å². The van der Waals surface area contributed by atoms with Crippen LogP contribution in [0.25, 0.3) is 0 Å². The van der Waals surface area contributed by atoms with Crippen molar-refractivity contribution in [3.63, 3.8) is 0 Å². The lowest BCUT2D eigenvalue weighted by Gasteiger charge is -2.25. The van der Waals surface area contributed by atoms with Gasteiger partial charge in [0.15, 0.2) is 0 Å². The highest BCUT2D eigenvalue weighted by atomic mass is 16.7. The first-order valence-electron chi connectivity index (χ1n) is 10.9. The summed E-state index contributed by atoms with van der Waals surface area (Å²) in [6, 6.07) is 15.5. The molecule has 1 aliphatic rings. The van der Waals surface area contributed by atoms with Crippen LogP contribution in [-0.2, 0) is 45.1 Å². The molecule has 2 amide bonds. The second kappa shape index (κ2) is 12.1. The number of carbonyl (C=O) groups excluding carboxylic acids is 2. The van der Waals surface area contributed by atoms with Gasteiger partial charge in [-0.05, 0) is 48.9 Å². The molecule has 0 spiro atoms. The number of fused-ring (bicyclic) bond motifs is 2.